The van der Waals surface area contributed by atoms with Crippen LogP contribution in [-0.4, -0.2) is 16.3 Å². The van der Waals surface area contributed by atoms with Gasteiger partial charge in [0.1, 0.15) is 17.2 Å². The van der Waals surface area contributed by atoms with Crippen LogP contribution in [0, 0.1) is 6.92 Å². The topological polar surface area (TPSA) is 61.7 Å². The van der Waals surface area contributed by atoms with Crippen molar-refractivity contribution in [3.63, 3.8) is 0 Å². The van der Waals surface area contributed by atoms with Gasteiger partial charge < -0.3 is 20.3 Å². The lowest BCUT2D eigenvalue weighted by atomic mass is 10.1. The molecule has 2 rings (SSSR count). The molecule has 0 unspecified atom stereocenters. The number of anilines is 1. The number of nitrogens with one attached hydrogen (secondary N) is 1. The first-order valence-electron chi connectivity index (χ1n) is 6.97. The van der Waals surface area contributed by atoms with E-state index in [-0.39, 0.29) is 17.6 Å². The van der Waals surface area contributed by atoms with Gasteiger partial charge in [0.15, 0.2) is 0 Å². The Morgan fingerprint density at radius 3 is 2.48 bits per heavy atom. The lowest BCUT2D eigenvalue weighted by Crippen LogP contribution is -2.06. The van der Waals surface area contributed by atoms with Gasteiger partial charge in [-0.25, -0.2) is 0 Å². The molecule has 0 spiro atoms. The van der Waals surface area contributed by atoms with Gasteiger partial charge >= 0.3 is 0 Å². The fraction of sp³-hybridized carbons (Fsp3) is 0.294. The molecule has 0 aliphatic heterocycles. The molecule has 21 heavy (non-hydrogen) atoms. The number of hydrogen-bond donors (Lipinski definition) is 3. The number of phenolic OH excluding ortho intramolecular Hbond substituents is 2. The van der Waals surface area contributed by atoms with Crippen molar-refractivity contribution in [2.75, 3.05) is 5.32 Å². The molecule has 4 heteroatoms. The minimum atomic E-state index is 0.0580. The lowest BCUT2D eigenvalue weighted by Gasteiger charge is -2.14. The summed E-state index contributed by atoms with van der Waals surface area (Å²) in [6.45, 7) is 6.48. The third kappa shape index (κ3) is 4.05. The molecule has 0 aliphatic carbocycles. The predicted octanol–water partition coefficient (Wildman–Crippen LogP) is 3.81. The third-order valence-electron chi connectivity index (χ3n) is 3.11. The monoisotopic (exact) mass is 287 g/mol. The molecule has 0 heterocycles. The van der Waals surface area contributed by atoms with Gasteiger partial charge in [-0.3, -0.25) is 0 Å². The van der Waals surface area contributed by atoms with Crippen LogP contribution >= 0.6 is 0 Å². The summed E-state index contributed by atoms with van der Waals surface area (Å²) in [7, 11) is 0. The highest BCUT2D eigenvalue weighted by molar-refractivity contribution is 5.54. The van der Waals surface area contributed by atoms with E-state index in [4.69, 9.17) is 4.74 Å². The Labute approximate surface area is 125 Å². The first-order valence-corrected chi connectivity index (χ1v) is 6.97. The standard InChI is InChI=1S/C17H21NO3/c1-11(2)21-15-6-7-16(12(3)8-15)18-10-13-4-5-14(19)9-17(13)20/h4-9,11,18-20H,10H2,1-3H3. The molecule has 0 radical (unpaired) electrons. The Morgan fingerprint density at radius 1 is 1.10 bits per heavy atom. The van der Waals surface area contributed by atoms with Crippen molar-refractivity contribution in [3.8, 4) is 17.2 Å². The van der Waals surface area contributed by atoms with Crippen LogP contribution in [0.2, 0.25) is 0 Å². The molecule has 2 aromatic carbocycles. The summed E-state index contributed by atoms with van der Waals surface area (Å²) < 4.78 is 5.65. The number of ether oxygens (including phenoxy) is 1. The number of benzene rings is 2. The molecule has 112 valence electrons. The fourth-order valence-corrected chi connectivity index (χ4v) is 2.07. The number of rotatable bonds is 5. The van der Waals surface area contributed by atoms with Gasteiger partial charge in [-0.2, -0.15) is 0 Å². The molecule has 0 fully saturated rings. The molecule has 0 bridgehead atoms. The molecule has 2 aromatic rings. The zero-order valence-corrected chi connectivity index (χ0v) is 12.6. The zero-order chi connectivity index (χ0) is 15.4. The summed E-state index contributed by atoms with van der Waals surface area (Å²) in [5.74, 6) is 0.989. The number of hydrogen-bond acceptors (Lipinski definition) is 4. The van der Waals surface area contributed by atoms with Crippen molar-refractivity contribution >= 4 is 5.69 Å². The molecule has 3 N–H and O–H groups in total. The first-order chi connectivity index (χ1) is 9.95. The largest absolute Gasteiger partial charge is 0.508 e. The molecule has 0 atom stereocenters. The summed E-state index contributed by atoms with van der Waals surface area (Å²) in [5.41, 5.74) is 2.79. The van der Waals surface area contributed by atoms with Gasteiger partial charge in [-0.05, 0) is 56.7 Å². The Bertz CT molecular complexity index is 623. The molecule has 0 saturated carbocycles. The predicted molar refractivity (Wildman–Crippen MR) is 84.0 cm³/mol. The molecular weight excluding hydrogens is 266 g/mol. The van der Waals surface area contributed by atoms with E-state index < -0.39 is 0 Å². The van der Waals surface area contributed by atoms with E-state index >= 15 is 0 Å². The summed E-state index contributed by atoms with van der Waals surface area (Å²) in [6.07, 6.45) is 0.150. The van der Waals surface area contributed by atoms with Gasteiger partial charge in [0.05, 0.1) is 6.10 Å². The Kier molecular flexibility index (Phi) is 4.58. The summed E-state index contributed by atoms with van der Waals surface area (Å²) in [6, 6.07) is 10.5. The van der Waals surface area contributed by atoms with E-state index in [2.05, 4.69) is 5.32 Å². The van der Waals surface area contributed by atoms with Crippen LogP contribution in [0.4, 0.5) is 5.69 Å². The second-order valence-corrected chi connectivity index (χ2v) is 5.31. The zero-order valence-electron chi connectivity index (χ0n) is 12.6. The highest BCUT2D eigenvalue weighted by Crippen LogP contribution is 2.26. The van der Waals surface area contributed by atoms with Gasteiger partial charge in [-0.15, -0.1) is 0 Å². The van der Waals surface area contributed by atoms with Gasteiger partial charge in [0.25, 0.3) is 0 Å². The normalized spacial score (nSPS) is 10.7. The van der Waals surface area contributed by atoms with Crippen LogP contribution in [0.3, 0.4) is 0 Å². The number of aromatic hydroxyl groups is 2. The van der Waals surface area contributed by atoms with E-state index in [1.54, 1.807) is 12.1 Å². The van der Waals surface area contributed by atoms with E-state index in [1.807, 2.05) is 39.0 Å². The minimum Gasteiger partial charge on any atom is -0.508 e. The minimum absolute atomic E-state index is 0.0580. The maximum atomic E-state index is 9.76. The second-order valence-electron chi connectivity index (χ2n) is 5.31. The van der Waals surface area contributed by atoms with E-state index in [0.717, 1.165) is 22.6 Å². The van der Waals surface area contributed by atoms with Crippen molar-refractivity contribution < 1.29 is 14.9 Å². The average Bonchev–Trinajstić information content (AvgIpc) is 2.39. The molecule has 0 saturated heterocycles. The maximum Gasteiger partial charge on any atom is 0.124 e. The second kappa shape index (κ2) is 6.39. The SMILES string of the molecule is Cc1cc(OC(C)C)ccc1NCc1ccc(O)cc1O. The van der Waals surface area contributed by atoms with Crippen molar-refractivity contribution in [1.29, 1.82) is 0 Å². The number of aryl methyl sites for hydroxylation is 1. The Balaban J connectivity index is 2.06. The van der Waals surface area contributed by atoms with Gasteiger partial charge in [-0.1, -0.05) is 0 Å². The van der Waals surface area contributed by atoms with E-state index in [1.165, 1.54) is 6.07 Å². The molecule has 0 aliphatic rings. The molecular formula is C17H21NO3. The highest BCUT2D eigenvalue weighted by atomic mass is 16.5. The van der Waals surface area contributed by atoms with E-state index in [0.29, 0.717) is 6.54 Å². The summed E-state index contributed by atoms with van der Waals surface area (Å²) in [5, 5.41) is 22.3. The van der Waals surface area contributed by atoms with Crippen molar-refractivity contribution in [3.05, 3.63) is 47.5 Å². The summed E-state index contributed by atoms with van der Waals surface area (Å²) >= 11 is 0. The molecule has 4 nitrogen and oxygen atoms in total. The molecule has 0 aromatic heterocycles. The van der Waals surface area contributed by atoms with Crippen molar-refractivity contribution in [2.24, 2.45) is 0 Å². The van der Waals surface area contributed by atoms with Crippen molar-refractivity contribution in [2.45, 2.75) is 33.4 Å². The summed E-state index contributed by atoms with van der Waals surface area (Å²) in [4.78, 5) is 0. The maximum absolute atomic E-state index is 9.76. The van der Waals surface area contributed by atoms with Crippen LogP contribution in [0.1, 0.15) is 25.0 Å². The van der Waals surface area contributed by atoms with E-state index in [9.17, 15) is 10.2 Å². The van der Waals surface area contributed by atoms with Crippen LogP contribution in [0.25, 0.3) is 0 Å². The Hall–Kier alpha value is -2.36. The quantitative estimate of drug-likeness (QED) is 0.782. The van der Waals surface area contributed by atoms with Crippen LogP contribution in [0.15, 0.2) is 36.4 Å². The molecule has 0 amide bonds. The Morgan fingerprint density at radius 2 is 1.86 bits per heavy atom. The third-order valence-corrected chi connectivity index (χ3v) is 3.11. The fourth-order valence-electron chi connectivity index (χ4n) is 2.07. The highest BCUT2D eigenvalue weighted by Gasteiger charge is 2.05. The lowest BCUT2D eigenvalue weighted by molar-refractivity contribution is 0.242. The van der Waals surface area contributed by atoms with Gasteiger partial charge in [0, 0.05) is 23.9 Å². The van der Waals surface area contributed by atoms with Crippen LogP contribution < -0.4 is 10.1 Å². The van der Waals surface area contributed by atoms with Crippen molar-refractivity contribution in [1.82, 2.24) is 0 Å². The smallest absolute Gasteiger partial charge is 0.124 e. The first kappa shape index (κ1) is 15.0. The van der Waals surface area contributed by atoms with Gasteiger partial charge in [0.2, 0.25) is 0 Å². The van der Waals surface area contributed by atoms with Crippen LogP contribution in [0.5, 0.6) is 17.2 Å². The van der Waals surface area contributed by atoms with Crippen LogP contribution in [-0.2, 0) is 6.54 Å². The number of phenols is 2. The average molecular weight is 287 g/mol.